The lowest BCUT2D eigenvalue weighted by molar-refractivity contribution is 0.382. The van der Waals surface area contributed by atoms with Crippen LogP contribution in [0.5, 0.6) is 11.5 Å². The molecule has 0 radical (unpaired) electrons. The van der Waals surface area contributed by atoms with Gasteiger partial charge in [0.2, 0.25) is 0 Å². The van der Waals surface area contributed by atoms with Crippen LogP contribution in [-0.4, -0.2) is 14.2 Å². The quantitative estimate of drug-likeness (QED) is 0.821. The normalized spacial score (nSPS) is 12.3. The van der Waals surface area contributed by atoms with E-state index in [-0.39, 0.29) is 6.04 Å². The third kappa shape index (κ3) is 2.97. The van der Waals surface area contributed by atoms with Gasteiger partial charge in [-0.05, 0) is 55.6 Å². The molecule has 1 unspecified atom stereocenters. The van der Waals surface area contributed by atoms with Crippen LogP contribution in [0.2, 0.25) is 0 Å². The van der Waals surface area contributed by atoms with E-state index in [4.69, 9.17) is 15.2 Å². The van der Waals surface area contributed by atoms with Gasteiger partial charge >= 0.3 is 0 Å². The third-order valence-electron chi connectivity index (χ3n) is 2.80. The zero-order valence-electron chi connectivity index (χ0n) is 10.4. The summed E-state index contributed by atoms with van der Waals surface area (Å²) in [6.07, 6.45) is 0. The Labute approximate surface area is 133 Å². The highest BCUT2D eigenvalue weighted by atomic mass is 79.9. The van der Waals surface area contributed by atoms with Crippen molar-refractivity contribution in [3.63, 3.8) is 0 Å². The van der Waals surface area contributed by atoms with Crippen molar-refractivity contribution in [3.8, 4) is 11.5 Å². The van der Waals surface area contributed by atoms with E-state index in [2.05, 4.69) is 31.9 Å². The summed E-state index contributed by atoms with van der Waals surface area (Å²) in [4.78, 5) is 0. The topological polar surface area (TPSA) is 44.5 Å². The first-order chi connectivity index (χ1) is 9.08. The molecule has 0 saturated carbocycles. The van der Waals surface area contributed by atoms with Gasteiger partial charge in [0.1, 0.15) is 11.5 Å². The fraction of sp³-hybridized carbons (Fsp3) is 0.231. The smallest absolute Gasteiger partial charge is 0.127 e. The van der Waals surface area contributed by atoms with Crippen LogP contribution < -0.4 is 15.2 Å². The summed E-state index contributed by atoms with van der Waals surface area (Å²) in [6.45, 7) is 0. The molecule has 0 spiro atoms. The van der Waals surface area contributed by atoms with Crippen LogP contribution in [-0.2, 0) is 0 Å². The molecule has 0 bridgehead atoms. The molecule has 0 fully saturated rings. The Kier molecular flexibility index (Phi) is 4.89. The molecule has 0 saturated heterocycles. The van der Waals surface area contributed by atoms with Gasteiger partial charge in [0, 0.05) is 0 Å². The van der Waals surface area contributed by atoms with Gasteiger partial charge in [0.25, 0.3) is 0 Å². The largest absolute Gasteiger partial charge is 0.496 e. The van der Waals surface area contributed by atoms with Crippen LogP contribution >= 0.6 is 43.2 Å². The molecule has 6 heteroatoms. The minimum atomic E-state index is -0.317. The Hall–Kier alpha value is -0.560. The van der Waals surface area contributed by atoms with Crippen LogP contribution in [0, 0.1) is 0 Å². The number of benzene rings is 1. The van der Waals surface area contributed by atoms with Crippen molar-refractivity contribution in [1.82, 2.24) is 0 Å². The van der Waals surface area contributed by atoms with E-state index in [1.807, 2.05) is 24.3 Å². The van der Waals surface area contributed by atoms with Crippen molar-refractivity contribution >= 4 is 43.2 Å². The number of nitrogens with two attached hydrogens (primary N) is 1. The van der Waals surface area contributed by atoms with E-state index in [0.29, 0.717) is 0 Å². The predicted octanol–water partition coefficient (Wildman–Crippen LogP) is 4.34. The number of methoxy groups -OCH3 is 2. The predicted molar refractivity (Wildman–Crippen MR) is 85.3 cm³/mol. The van der Waals surface area contributed by atoms with Gasteiger partial charge in [0.05, 0.1) is 33.4 Å². The number of ether oxygens (including phenoxy) is 2. The van der Waals surface area contributed by atoms with E-state index < -0.39 is 0 Å². The fourth-order valence-electron chi connectivity index (χ4n) is 1.91. The van der Waals surface area contributed by atoms with Gasteiger partial charge in [0.15, 0.2) is 0 Å². The second kappa shape index (κ2) is 6.26. The zero-order chi connectivity index (χ0) is 14.0. The lowest BCUT2D eigenvalue weighted by Gasteiger charge is -2.18. The first-order valence-electron chi connectivity index (χ1n) is 5.49. The zero-order valence-corrected chi connectivity index (χ0v) is 14.4. The Morgan fingerprint density at radius 1 is 1.16 bits per heavy atom. The maximum atomic E-state index is 6.38. The van der Waals surface area contributed by atoms with Crippen LogP contribution in [0.3, 0.4) is 0 Å². The lowest BCUT2D eigenvalue weighted by Crippen LogP contribution is -2.14. The van der Waals surface area contributed by atoms with Crippen molar-refractivity contribution in [3.05, 3.63) is 43.0 Å². The molecule has 102 valence electrons. The molecule has 2 rings (SSSR count). The van der Waals surface area contributed by atoms with E-state index >= 15 is 0 Å². The minimum Gasteiger partial charge on any atom is -0.496 e. The fourth-order valence-corrected chi connectivity index (χ4v) is 4.84. The SMILES string of the molecule is COc1cccc(OC)c1C(N)c1cc(Br)sc1Br. The summed E-state index contributed by atoms with van der Waals surface area (Å²) in [6, 6.07) is 7.33. The molecule has 0 aliphatic carbocycles. The van der Waals surface area contributed by atoms with Gasteiger partial charge in [-0.15, -0.1) is 11.3 Å². The molecule has 0 aliphatic rings. The van der Waals surface area contributed by atoms with Gasteiger partial charge in [-0.25, -0.2) is 0 Å². The first-order valence-corrected chi connectivity index (χ1v) is 7.90. The molecule has 1 aromatic heterocycles. The summed E-state index contributed by atoms with van der Waals surface area (Å²) >= 11 is 8.59. The lowest BCUT2D eigenvalue weighted by atomic mass is 10.00. The summed E-state index contributed by atoms with van der Waals surface area (Å²) < 4.78 is 12.8. The molecular formula is C13H13Br2NO2S. The molecule has 1 atom stereocenters. The van der Waals surface area contributed by atoms with Crippen molar-refractivity contribution < 1.29 is 9.47 Å². The summed E-state index contributed by atoms with van der Waals surface area (Å²) in [5, 5.41) is 0. The Morgan fingerprint density at radius 3 is 2.16 bits per heavy atom. The van der Waals surface area contributed by atoms with Crippen molar-refractivity contribution in [2.24, 2.45) is 5.73 Å². The molecule has 1 heterocycles. The highest BCUT2D eigenvalue weighted by molar-refractivity contribution is 9.12. The second-order valence-electron chi connectivity index (χ2n) is 3.83. The van der Waals surface area contributed by atoms with E-state index in [9.17, 15) is 0 Å². The highest BCUT2D eigenvalue weighted by Gasteiger charge is 2.22. The number of hydrogen-bond donors (Lipinski definition) is 1. The summed E-state index contributed by atoms with van der Waals surface area (Å²) in [5.74, 6) is 1.45. The van der Waals surface area contributed by atoms with Crippen LogP contribution in [0.25, 0.3) is 0 Å². The van der Waals surface area contributed by atoms with Crippen molar-refractivity contribution in [1.29, 1.82) is 0 Å². The molecule has 0 amide bonds. The first kappa shape index (κ1) is 14.8. The highest BCUT2D eigenvalue weighted by Crippen LogP contribution is 2.42. The maximum Gasteiger partial charge on any atom is 0.127 e. The summed E-state index contributed by atoms with van der Waals surface area (Å²) in [7, 11) is 3.26. The Morgan fingerprint density at radius 2 is 1.74 bits per heavy atom. The standard InChI is InChI=1S/C13H13Br2NO2S/c1-17-8-4-3-5-9(18-2)11(8)12(16)7-6-10(14)19-13(7)15/h3-6,12H,16H2,1-2H3. The number of halogens is 2. The van der Waals surface area contributed by atoms with Crippen LogP contribution in [0.15, 0.2) is 31.8 Å². The minimum absolute atomic E-state index is 0.317. The third-order valence-corrected chi connectivity index (χ3v) is 5.18. The number of rotatable bonds is 4. The van der Waals surface area contributed by atoms with Crippen LogP contribution in [0.4, 0.5) is 0 Å². The van der Waals surface area contributed by atoms with Gasteiger partial charge in [-0.2, -0.15) is 0 Å². The van der Waals surface area contributed by atoms with Gasteiger partial charge in [-0.3, -0.25) is 0 Å². The monoisotopic (exact) mass is 405 g/mol. The summed E-state index contributed by atoms with van der Waals surface area (Å²) in [5.41, 5.74) is 8.22. The van der Waals surface area contributed by atoms with E-state index in [1.165, 1.54) is 0 Å². The van der Waals surface area contributed by atoms with Gasteiger partial charge in [-0.1, -0.05) is 6.07 Å². The Bertz CT molecular complexity index is 564. The molecule has 2 N–H and O–H groups in total. The molecule has 19 heavy (non-hydrogen) atoms. The number of hydrogen-bond acceptors (Lipinski definition) is 4. The second-order valence-corrected chi connectivity index (χ2v) is 7.58. The Balaban J connectivity index is 2.54. The van der Waals surface area contributed by atoms with E-state index in [0.717, 1.165) is 30.2 Å². The number of thiophene rings is 1. The van der Waals surface area contributed by atoms with Gasteiger partial charge < -0.3 is 15.2 Å². The average Bonchev–Trinajstić information content (AvgIpc) is 2.75. The molecule has 1 aromatic carbocycles. The molecule has 2 aromatic rings. The van der Waals surface area contributed by atoms with E-state index in [1.54, 1.807) is 25.6 Å². The van der Waals surface area contributed by atoms with Crippen molar-refractivity contribution in [2.75, 3.05) is 14.2 Å². The molecule has 0 aliphatic heterocycles. The molecule has 3 nitrogen and oxygen atoms in total. The maximum absolute atomic E-state index is 6.38. The average molecular weight is 407 g/mol. The molecular weight excluding hydrogens is 394 g/mol. The van der Waals surface area contributed by atoms with Crippen LogP contribution in [0.1, 0.15) is 17.2 Å². The van der Waals surface area contributed by atoms with Crippen molar-refractivity contribution in [2.45, 2.75) is 6.04 Å².